The van der Waals surface area contributed by atoms with Crippen molar-refractivity contribution >= 4 is 24.5 Å². The van der Waals surface area contributed by atoms with Gasteiger partial charge in [0.15, 0.2) is 0 Å². The molecular weight excluding hydrogens is 386 g/mol. The molecule has 0 aliphatic carbocycles. The first-order valence-electron chi connectivity index (χ1n) is 9.33. The van der Waals surface area contributed by atoms with Crippen molar-refractivity contribution in [2.24, 2.45) is 5.92 Å². The molecule has 0 saturated heterocycles. The molecule has 0 bridgehead atoms. The van der Waals surface area contributed by atoms with Gasteiger partial charge in [0.05, 0.1) is 11.6 Å². The van der Waals surface area contributed by atoms with E-state index in [1.165, 1.54) is 0 Å². The minimum Gasteiger partial charge on any atom is -0.480 e. The monoisotopic (exact) mass is 409 g/mol. The number of carboxylic acid groups (broad SMARTS) is 1. The predicted molar refractivity (Wildman–Crippen MR) is 115 cm³/mol. The molecule has 0 radical (unpaired) electrons. The van der Waals surface area contributed by atoms with Crippen LogP contribution in [0.25, 0.3) is 11.3 Å². The molecule has 0 unspecified atom stereocenters. The summed E-state index contributed by atoms with van der Waals surface area (Å²) in [4.78, 5) is 24.4. The minimum atomic E-state index is -1.06. The Morgan fingerprint density at radius 1 is 1.00 bits per heavy atom. The molecule has 1 aromatic heterocycles. The summed E-state index contributed by atoms with van der Waals surface area (Å²) in [6, 6.07) is 18.0. The first-order valence-corrected chi connectivity index (χ1v) is 9.96. The van der Waals surface area contributed by atoms with E-state index in [0.717, 1.165) is 22.4 Å². The van der Waals surface area contributed by atoms with Gasteiger partial charge in [0.2, 0.25) is 5.91 Å². The number of rotatable bonds is 9. The molecule has 29 heavy (non-hydrogen) atoms. The van der Waals surface area contributed by atoms with Crippen LogP contribution in [0.2, 0.25) is 0 Å². The van der Waals surface area contributed by atoms with Crippen molar-refractivity contribution in [1.82, 2.24) is 15.5 Å². The van der Waals surface area contributed by atoms with Crippen LogP contribution < -0.4 is 5.32 Å². The molecule has 0 fully saturated rings. The van der Waals surface area contributed by atoms with Crippen molar-refractivity contribution in [3.63, 3.8) is 0 Å². The number of amides is 1. The van der Waals surface area contributed by atoms with Crippen LogP contribution in [0.4, 0.5) is 0 Å². The predicted octanol–water partition coefficient (Wildman–Crippen LogP) is 2.98. The molecule has 1 heterocycles. The van der Waals surface area contributed by atoms with Gasteiger partial charge in [-0.05, 0) is 29.2 Å². The fourth-order valence-corrected chi connectivity index (χ4v) is 3.40. The van der Waals surface area contributed by atoms with Gasteiger partial charge in [-0.15, -0.1) is 0 Å². The molecule has 6 nitrogen and oxygen atoms in total. The number of hydrogen-bond donors (Lipinski definition) is 4. The maximum absolute atomic E-state index is 12.7. The highest BCUT2D eigenvalue weighted by Gasteiger charge is 2.25. The zero-order valence-electron chi connectivity index (χ0n) is 15.8. The Hall–Kier alpha value is -3.06. The van der Waals surface area contributed by atoms with Gasteiger partial charge < -0.3 is 10.4 Å². The van der Waals surface area contributed by atoms with Gasteiger partial charge in [-0.25, -0.2) is 4.79 Å². The number of carbonyl (C=O) groups excluding carboxylic acids is 1. The molecule has 3 aromatic rings. The standard InChI is InChI=1S/C22H23N3O3S/c26-21(18(14-29)12-15-4-2-1-3-5-15)24-20(22(27)28)13-16-6-8-17(9-7-16)19-10-11-23-25-19/h1-11,18,20,29H,12-14H2,(H,23,25)(H,24,26)(H,27,28)/t18-,20+/m1/s1. The van der Waals surface area contributed by atoms with E-state index in [1.807, 2.05) is 60.7 Å². The number of nitrogens with zero attached hydrogens (tertiary/aromatic N) is 1. The highest BCUT2D eigenvalue weighted by molar-refractivity contribution is 7.80. The number of aliphatic carboxylic acids is 1. The van der Waals surface area contributed by atoms with Crippen molar-refractivity contribution < 1.29 is 14.7 Å². The van der Waals surface area contributed by atoms with Crippen LogP contribution in [0.5, 0.6) is 0 Å². The number of hydrogen-bond acceptors (Lipinski definition) is 4. The molecule has 3 N–H and O–H groups in total. The number of aromatic nitrogens is 2. The zero-order valence-corrected chi connectivity index (χ0v) is 16.7. The molecule has 2 atom stereocenters. The third kappa shape index (κ3) is 5.71. The highest BCUT2D eigenvalue weighted by atomic mass is 32.1. The Balaban J connectivity index is 1.64. The normalized spacial score (nSPS) is 12.9. The van der Waals surface area contributed by atoms with E-state index >= 15 is 0 Å². The van der Waals surface area contributed by atoms with Crippen molar-refractivity contribution in [1.29, 1.82) is 0 Å². The first kappa shape index (κ1) is 20.7. The van der Waals surface area contributed by atoms with Gasteiger partial charge in [-0.1, -0.05) is 54.6 Å². The Bertz CT molecular complexity index is 928. The number of aromatic amines is 1. The third-order valence-electron chi connectivity index (χ3n) is 4.74. The zero-order chi connectivity index (χ0) is 20.6. The molecular formula is C22H23N3O3S. The van der Waals surface area contributed by atoms with Crippen LogP contribution in [0.15, 0.2) is 66.9 Å². The number of thiol groups is 1. The fraction of sp³-hybridized carbons (Fsp3) is 0.227. The second-order valence-corrected chi connectivity index (χ2v) is 7.21. The highest BCUT2D eigenvalue weighted by Crippen LogP contribution is 2.18. The van der Waals surface area contributed by atoms with E-state index in [-0.39, 0.29) is 12.3 Å². The summed E-state index contributed by atoms with van der Waals surface area (Å²) in [5.74, 6) is -1.42. The van der Waals surface area contributed by atoms with E-state index in [0.29, 0.717) is 12.2 Å². The SMILES string of the molecule is O=C(N[C@@H](Cc1ccc(-c2ccn[nH]2)cc1)C(=O)O)[C@@H](CS)Cc1ccccc1. The van der Waals surface area contributed by atoms with E-state index < -0.39 is 17.9 Å². The van der Waals surface area contributed by atoms with Crippen molar-refractivity contribution in [2.75, 3.05) is 5.75 Å². The summed E-state index contributed by atoms with van der Waals surface area (Å²) in [5.41, 5.74) is 3.69. The second-order valence-electron chi connectivity index (χ2n) is 6.84. The van der Waals surface area contributed by atoms with Gasteiger partial charge >= 0.3 is 5.97 Å². The first-order chi connectivity index (χ1) is 14.1. The van der Waals surface area contributed by atoms with Crippen LogP contribution in [0.3, 0.4) is 0 Å². The van der Waals surface area contributed by atoms with Gasteiger partial charge in [0.1, 0.15) is 6.04 Å². The molecule has 150 valence electrons. The van der Waals surface area contributed by atoms with Crippen molar-refractivity contribution in [3.05, 3.63) is 78.0 Å². The average Bonchev–Trinajstić information content (AvgIpc) is 3.27. The quantitative estimate of drug-likeness (QED) is 0.409. The lowest BCUT2D eigenvalue weighted by Crippen LogP contribution is -2.45. The molecule has 3 rings (SSSR count). The van der Waals surface area contributed by atoms with E-state index in [4.69, 9.17) is 0 Å². The second kappa shape index (κ2) is 9.93. The molecule has 1 amide bonds. The van der Waals surface area contributed by atoms with Crippen LogP contribution >= 0.6 is 12.6 Å². The molecule has 2 aromatic carbocycles. The lowest BCUT2D eigenvalue weighted by atomic mass is 9.98. The van der Waals surface area contributed by atoms with Crippen LogP contribution in [0, 0.1) is 5.92 Å². The summed E-state index contributed by atoms with van der Waals surface area (Å²) < 4.78 is 0. The van der Waals surface area contributed by atoms with Crippen molar-refractivity contribution in [2.45, 2.75) is 18.9 Å². The maximum atomic E-state index is 12.7. The largest absolute Gasteiger partial charge is 0.480 e. The molecule has 0 aliphatic rings. The third-order valence-corrected chi connectivity index (χ3v) is 5.18. The molecule has 7 heteroatoms. The van der Waals surface area contributed by atoms with Crippen LogP contribution in [0.1, 0.15) is 11.1 Å². The number of carbonyl (C=O) groups is 2. The Morgan fingerprint density at radius 2 is 1.69 bits per heavy atom. The van der Waals surface area contributed by atoms with E-state index in [2.05, 4.69) is 28.1 Å². The summed E-state index contributed by atoms with van der Waals surface area (Å²) in [6.07, 6.45) is 2.39. The summed E-state index contributed by atoms with van der Waals surface area (Å²) in [6.45, 7) is 0. The van der Waals surface area contributed by atoms with E-state index in [9.17, 15) is 14.7 Å². The Kier molecular flexibility index (Phi) is 7.08. The molecule has 0 aliphatic heterocycles. The van der Waals surface area contributed by atoms with Gasteiger partial charge in [-0.2, -0.15) is 17.7 Å². The lowest BCUT2D eigenvalue weighted by molar-refractivity contribution is -0.142. The fourth-order valence-electron chi connectivity index (χ4n) is 3.10. The van der Waals surface area contributed by atoms with Gasteiger partial charge in [0.25, 0.3) is 0 Å². The smallest absolute Gasteiger partial charge is 0.326 e. The topological polar surface area (TPSA) is 95.1 Å². The van der Waals surface area contributed by atoms with Crippen LogP contribution in [-0.2, 0) is 22.4 Å². The molecule has 0 spiro atoms. The maximum Gasteiger partial charge on any atom is 0.326 e. The van der Waals surface area contributed by atoms with Crippen LogP contribution in [-0.4, -0.2) is 39.0 Å². The summed E-state index contributed by atoms with van der Waals surface area (Å²) >= 11 is 4.28. The number of carboxylic acids is 1. The Morgan fingerprint density at radius 3 is 2.28 bits per heavy atom. The number of nitrogens with one attached hydrogen (secondary N) is 2. The summed E-state index contributed by atoms with van der Waals surface area (Å²) in [5, 5.41) is 19.1. The van der Waals surface area contributed by atoms with E-state index in [1.54, 1.807) is 6.20 Å². The Labute approximate surface area is 174 Å². The number of benzene rings is 2. The average molecular weight is 410 g/mol. The van der Waals surface area contributed by atoms with Gasteiger partial charge in [0, 0.05) is 18.4 Å². The minimum absolute atomic E-state index is 0.203. The molecule has 0 saturated carbocycles. The van der Waals surface area contributed by atoms with Gasteiger partial charge in [-0.3, -0.25) is 9.89 Å². The number of H-pyrrole nitrogens is 1. The van der Waals surface area contributed by atoms with Crippen molar-refractivity contribution in [3.8, 4) is 11.3 Å². The summed E-state index contributed by atoms with van der Waals surface area (Å²) in [7, 11) is 0. The lowest BCUT2D eigenvalue weighted by Gasteiger charge is -2.19.